The molecule has 0 aliphatic rings. The molecule has 0 aromatic heterocycles. The van der Waals surface area contributed by atoms with Crippen LogP contribution in [0.5, 0.6) is 0 Å². The van der Waals surface area contributed by atoms with Crippen LogP contribution in [0.15, 0.2) is 54.6 Å². The lowest BCUT2D eigenvalue weighted by Crippen LogP contribution is -2.38. The van der Waals surface area contributed by atoms with Gasteiger partial charge in [0.15, 0.2) is 0 Å². The minimum Gasteiger partial charge on any atom is -0.468 e. The van der Waals surface area contributed by atoms with Crippen LogP contribution in [0.3, 0.4) is 0 Å². The highest BCUT2D eigenvalue weighted by atomic mass is 35.5. The molecule has 0 heterocycles. The van der Waals surface area contributed by atoms with E-state index >= 15 is 0 Å². The number of carbonyl (C=O) groups excluding carboxylic acids is 3. The summed E-state index contributed by atoms with van der Waals surface area (Å²) >= 11 is 5.93. The van der Waals surface area contributed by atoms with E-state index in [0.29, 0.717) is 5.02 Å². The molecule has 7 heteroatoms. The Balaban J connectivity index is 2.20. The number of methoxy groups -OCH3 is 1. The maximum Gasteiger partial charge on any atom is 0.325 e. The van der Waals surface area contributed by atoms with Crippen LogP contribution >= 0.6 is 11.6 Å². The molecule has 6 nitrogen and oxygen atoms in total. The van der Waals surface area contributed by atoms with Gasteiger partial charge >= 0.3 is 5.97 Å². The highest BCUT2D eigenvalue weighted by molar-refractivity contribution is 6.30. The fourth-order valence-corrected chi connectivity index (χ4v) is 2.88. The summed E-state index contributed by atoms with van der Waals surface area (Å²) in [6, 6.07) is 15.8. The molecular weight excluding hydrogens is 380 g/mol. The van der Waals surface area contributed by atoms with Gasteiger partial charge in [0.25, 0.3) is 0 Å². The van der Waals surface area contributed by atoms with Crippen molar-refractivity contribution in [1.82, 2.24) is 10.2 Å². The van der Waals surface area contributed by atoms with Gasteiger partial charge in [-0.2, -0.15) is 0 Å². The molecule has 0 fully saturated rings. The predicted octanol–water partition coefficient (Wildman–Crippen LogP) is 3.11. The van der Waals surface area contributed by atoms with Crippen LogP contribution in [0, 0.1) is 0 Å². The zero-order valence-corrected chi connectivity index (χ0v) is 16.6. The summed E-state index contributed by atoms with van der Waals surface area (Å²) in [4.78, 5) is 37.8. The first kappa shape index (κ1) is 21.4. The monoisotopic (exact) mass is 402 g/mol. The standard InChI is InChI=1S/C21H23ClN2O4/c1-15(25)23-19(17-8-10-18(22)11-9-17)12-20(26)24(14-21(27)28-2)13-16-6-4-3-5-7-16/h3-11,19H,12-14H2,1-2H3,(H,23,25). The summed E-state index contributed by atoms with van der Waals surface area (Å²) in [6.45, 7) is 1.49. The number of nitrogens with zero attached hydrogens (tertiary/aromatic N) is 1. The van der Waals surface area contributed by atoms with Gasteiger partial charge in [-0.15, -0.1) is 0 Å². The lowest BCUT2D eigenvalue weighted by Gasteiger charge is -2.25. The fourth-order valence-electron chi connectivity index (χ4n) is 2.75. The summed E-state index contributed by atoms with van der Waals surface area (Å²) in [5, 5.41) is 3.35. The van der Waals surface area contributed by atoms with Crippen LogP contribution in [0.1, 0.15) is 30.5 Å². The molecule has 0 saturated heterocycles. The molecule has 1 unspecified atom stereocenters. The van der Waals surface area contributed by atoms with Crippen LogP contribution in [0.25, 0.3) is 0 Å². The summed E-state index contributed by atoms with van der Waals surface area (Å²) in [5.74, 6) is -1.04. The number of hydrogen-bond acceptors (Lipinski definition) is 4. The third-order valence-electron chi connectivity index (χ3n) is 4.15. The Morgan fingerprint density at radius 3 is 2.29 bits per heavy atom. The molecule has 0 aliphatic carbocycles. The number of nitrogens with one attached hydrogen (secondary N) is 1. The molecule has 1 N–H and O–H groups in total. The van der Waals surface area contributed by atoms with Crippen LogP contribution in [0.4, 0.5) is 0 Å². The molecule has 0 spiro atoms. The van der Waals surface area contributed by atoms with Gasteiger partial charge in [0.2, 0.25) is 11.8 Å². The Morgan fingerprint density at radius 2 is 1.71 bits per heavy atom. The molecule has 2 amide bonds. The molecular formula is C21H23ClN2O4. The Labute approximate surface area is 169 Å². The lowest BCUT2D eigenvalue weighted by atomic mass is 10.0. The smallest absolute Gasteiger partial charge is 0.325 e. The second kappa shape index (κ2) is 10.5. The van der Waals surface area contributed by atoms with Gasteiger partial charge in [-0.1, -0.05) is 54.1 Å². The van der Waals surface area contributed by atoms with Crippen LogP contribution in [-0.2, 0) is 25.7 Å². The van der Waals surface area contributed by atoms with Gasteiger partial charge in [0, 0.05) is 18.5 Å². The van der Waals surface area contributed by atoms with Crippen LogP contribution < -0.4 is 5.32 Å². The molecule has 0 radical (unpaired) electrons. The fraction of sp³-hybridized carbons (Fsp3) is 0.286. The molecule has 2 aromatic carbocycles. The molecule has 2 aromatic rings. The van der Waals surface area contributed by atoms with E-state index < -0.39 is 12.0 Å². The average Bonchev–Trinajstić information content (AvgIpc) is 2.67. The third kappa shape index (κ3) is 6.70. The topological polar surface area (TPSA) is 75.7 Å². The van der Waals surface area contributed by atoms with Crippen molar-refractivity contribution < 1.29 is 19.1 Å². The van der Waals surface area contributed by atoms with E-state index in [2.05, 4.69) is 5.32 Å². The Kier molecular flexibility index (Phi) is 8.02. The van der Waals surface area contributed by atoms with Gasteiger partial charge in [0.1, 0.15) is 6.54 Å². The van der Waals surface area contributed by atoms with E-state index in [1.165, 1.54) is 18.9 Å². The van der Waals surface area contributed by atoms with Crippen molar-refractivity contribution in [2.24, 2.45) is 0 Å². The van der Waals surface area contributed by atoms with E-state index in [-0.39, 0.29) is 31.3 Å². The van der Waals surface area contributed by atoms with Crippen molar-refractivity contribution in [3.63, 3.8) is 0 Å². The van der Waals surface area contributed by atoms with Crippen molar-refractivity contribution in [3.8, 4) is 0 Å². The molecule has 2 rings (SSSR count). The Morgan fingerprint density at radius 1 is 1.07 bits per heavy atom. The predicted molar refractivity (Wildman–Crippen MR) is 107 cm³/mol. The van der Waals surface area contributed by atoms with Crippen molar-refractivity contribution in [3.05, 3.63) is 70.7 Å². The van der Waals surface area contributed by atoms with E-state index in [1.54, 1.807) is 24.3 Å². The Hall–Kier alpha value is -2.86. The molecule has 0 saturated carbocycles. The lowest BCUT2D eigenvalue weighted by molar-refractivity contribution is -0.147. The summed E-state index contributed by atoms with van der Waals surface area (Å²) < 4.78 is 4.72. The number of esters is 1. The van der Waals surface area contributed by atoms with Gasteiger partial charge in [0.05, 0.1) is 19.6 Å². The zero-order valence-electron chi connectivity index (χ0n) is 15.9. The number of amides is 2. The van der Waals surface area contributed by atoms with Crippen molar-refractivity contribution >= 4 is 29.4 Å². The number of hydrogen-bond donors (Lipinski definition) is 1. The summed E-state index contributed by atoms with van der Waals surface area (Å²) in [7, 11) is 1.28. The van der Waals surface area contributed by atoms with Gasteiger partial charge in [-0.25, -0.2) is 0 Å². The Bertz CT molecular complexity index is 809. The summed E-state index contributed by atoms with van der Waals surface area (Å²) in [5.41, 5.74) is 1.65. The highest BCUT2D eigenvalue weighted by Crippen LogP contribution is 2.21. The van der Waals surface area contributed by atoms with E-state index in [0.717, 1.165) is 11.1 Å². The third-order valence-corrected chi connectivity index (χ3v) is 4.40. The number of carbonyl (C=O) groups is 3. The quantitative estimate of drug-likeness (QED) is 0.688. The molecule has 1 atom stereocenters. The number of benzene rings is 2. The highest BCUT2D eigenvalue weighted by Gasteiger charge is 2.23. The van der Waals surface area contributed by atoms with E-state index in [9.17, 15) is 14.4 Å². The van der Waals surface area contributed by atoms with Gasteiger partial charge in [-0.05, 0) is 23.3 Å². The zero-order chi connectivity index (χ0) is 20.5. The van der Waals surface area contributed by atoms with E-state index in [1.807, 2.05) is 30.3 Å². The first-order chi connectivity index (χ1) is 13.4. The normalized spacial score (nSPS) is 11.4. The van der Waals surface area contributed by atoms with Crippen LogP contribution in [0.2, 0.25) is 5.02 Å². The molecule has 0 bridgehead atoms. The number of ether oxygens (including phenoxy) is 1. The largest absolute Gasteiger partial charge is 0.468 e. The average molecular weight is 403 g/mol. The SMILES string of the molecule is COC(=O)CN(Cc1ccccc1)C(=O)CC(NC(C)=O)c1ccc(Cl)cc1. The number of halogens is 1. The second-order valence-electron chi connectivity index (χ2n) is 6.32. The van der Waals surface area contributed by atoms with Crippen molar-refractivity contribution in [2.45, 2.75) is 25.9 Å². The molecule has 148 valence electrons. The van der Waals surface area contributed by atoms with Gasteiger partial charge < -0.3 is 15.0 Å². The molecule has 28 heavy (non-hydrogen) atoms. The minimum absolute atomic E-state index is 0.00500. The maximum atomic E-state index is 13.0. The minimum atomic E-state index is -0.529. The summed E-state index contributed by atoms with van der Waals surface area (Å²) in [6.07, 6.45) is 0.00500. The van der Waals surface area contributed by atoms with Gasteiger partial charge in [-0.3, -0.25) is 14.4 Å². The first-order valence-corrected chi connectivity index (χ1v) is 9.18. The second-order valence-corrected chi connectivity index (χ2v) is 6.76. The van der Waals surface area contributed by atoms with E-state index in [4.69, 9.17) is 16.3 Å². The van der Waals surface area contributed by atoms with Crippen molar-refractivity contribution in [2.75, 3.05) is 13.7 Å². The molecule has 0 aliphatic heterocycles. The first-order valence-electron chi connectivity index (χ1n) is 8.80. The maximum absolute atomic E-state index is 13.0. The van der Waals surface area contributed by atoms with Crippen molar-refractivity contribution in [1.29, 1.82) is 0 Å². The number of rotatable bonds is 8. The van der Waals surface area contributed by atoms with Crippen LogP contribution in [-0.4, -0.2) is 36.3 Å².